The Balaban J connectivity index is 1.67. The van der Waals surface area contributed by atoms with Crippen LogP contribution in [0.25, 0.3) is 0 Å². The molecule has 2 aromatic rings. The van der Waals surface area contributed by atoms with Crippen LogP contribution < -0.4 is 9.62 Å². The van der Waals surface area contributed by atoms with E-state index in [9.17, 15) is 22.4 Å². The molecule has 26 heavy (non-hydrogen) atoms. The van der Waals surface area contributed by atoms with E-state index >= 15 is 0 Å². The van der Waals surface area contributed by atoms with Crippen molar-refractivity contribution in [3.63, 3.8) is 0 Å². The Morgan fingerprint density at radius 2 is 1.73 bits per heavy atom. The van der Waals surface area contributed by atoms with Gasteiger partial charge in [-0.2, -0.15) is 0 Å². The topological polar surface area (TPSA) is 83.6 Å². The van der Waals surface area contributed by atoms with Crippen LogP contribution in [-0.2, 0) is 14.8 Å². The summed E-state index contributed by atoms with van der Waals surface area (Å²) in [6.07, 6.45) is 1.28. The number of nitrogens with one attached hydrogen (secondary N) is 1. The first kappa shape index (κ1) is 18.2. The second-order valence-corrected chi connectivity index (χ2v) is 7.66. The molecule has 136 valence electrons. The van der Waals surface area contributed by atoms with Gasteiger partial charge < -0.3 is 4.90 Å². The fourth-order valence-electron chi connectivity index (χ4n) is 2.71. The summed E-state index contributed by atoms with van der Waals surface area (Å²) < 4.78 is 39.7. The summed E-state index contributed by atoms with van der Waals surface area (Å²) in [4.78, 5) is 25.3. The van der Waals surface area contributed by atoms with Crippen molar-refractivity contribution in [3.05, 3.63) is 59.9 Å². The summed E-state index contributed by atoms with van der Waals surface area (Å²) in [6, 6.07) is 10.8. The number of halogens is 1. The molecule has 1 fully saturated rings. The summed E-state index contributed by atoms with van der Waals surface area (Å²) in [5.41, 5.74) is 0.867. The molecule has 2 aromatic carbocycles. The zero-order valence-electron chi connectivity index (χ0n) is 13.8. The number of carbonyl (C=O) groups excluding carboxylic acids is 2. The number of anilines is 1. The summed E-state index contributed by atoms with van der Waals surface area (Å²) in [5.74, 6) is -0.921. The largest absolute Gasteiger partial charge is 0.312 e. The van der Waals surface area contributed by atoms with Crippen LogP contribution in [0.3, 0.4) is 0 Å². The third-order valence-electron chi connectivity index (χ3n) is 4.12. The van der Waals surface area contributed by atoms with Crippen LogP contribution in [0.4, 0.5) is 10.1 Å². The molecular weight excluding hydrogens is 359 g/mol. The van der Waals surface area contributed by atoms with Gasteiger partial charge in [-0.05, 0) is 55.0 Å². The molecule has 1 amide bonds. The predicted octanol–water partition coefficient (Wildman–Crippen LogP) is 2.11. The maximum atomic E-state index is 12.9. The van der Waals surface area contributed by atoms with Crippen molar-refractivity contribution < 1.29 is 22.4 Å². The third kappa shape index (κ3) is 3.97. The van der Waals surface area contributed by atoms with Gasteiger partial charge in [0.15, 0.2) is 5.78 Å². The lowest BCUT2D eigenvalue weighted by atomic mass is 10.1. The number of amides is 1. The zero-order chi connectivity index (χ0) is 18.7. The minimum atomic E-state index is -3.87. The number of benzene rings is 2. The van der Waals surface area contributed by atoms with Gasteiger partial charge in [0, 0.05) is 24.2 Å². The van der Waals surface area contributed by atoms with Crippen LogP contribution in [0.1, 0.15) is 23.2 Å². The minimum absolute atomic E-state index is 0.000183. The lowest BCUT2D eigenvalue weighted by Crippen LogP contribution is -2.30. The highest BCUT2D eigenvalue weighted by Crippen LogP contribution is 2.22. The molecule has 0 spiro atoms. The van der Waals surface area contributed by atoms with E-state index in [0.29, 0.717) is 18.7 Å². The van der Waals surface area contributed by atoms with E-state index in [1.54, 1.807) is 17.0 Å². The Morgan fingerprint density at radius 1 is 1.08 bits per heavy atom. The van der Waals surface area contributed by atoms with Crippen molar-refractivity contribution in [2.24, 2.45) is 0 Å². The van der Waals surface area contributed by atoms with Gasteiger partial charge in [0.2, 0.25) is 15.9 Å². The predicted molar refractivity (Wildman–Crippen MR) is 93.9 cm³/mol. The van der Waals surface area contributed by atoms with Gasteiger partial charge in [0.25, 0.3) is 0 Å². The van der Waals surface area contributed by atoms with Crippen molar-refractivity contribution in [3.8, 4) is 0 Å². The van der Waals surface area contributed by atoms with Crippen LogP contribution in [0.2, 0.25) is 0 Å². The van der Waals surface area contributed by atoms with Gasteiger partial charge in [-0.1, -0.05) is 0 Å². The maximum absolute atomic E-state index is 12.9. The number of rotatable bonds is 6. The highest BCUT2D eigenvalue weighted by atomic mass is 32.2. The second-order valence-electron chi connectivity index (χ2n) is 5.90. The molecule has 8 heteroatoms. The van der Waals surface area contributed by atoms with Gasteiger partial charge in [0.05, 0.1) is 11.4 Å². The molecular formula is C18H17FN2O4S. The van der Waals surface area contributed by atoms with Crippen LogP contribution in [0.5, 0.6) is 0 Å². The van der Waals surface area contributed by atoms with Crippen molar-refractivity contribution in [1.82, 2.24) is 4.72 Å². The molecule has 1 saturated heterocycles. The van der Waals surface area contributed by atoms with Crippen molar-refractivity contribution in [2.45, 2.75) is 17.7 Å². The minimum Gasteiger partial charge on any atom is -0.312 e. The lowest BCUT2D eigenvalue weighted by Gasteiger charge is -2.16. The van der Waals surface area contributed by atoms with Gasteiger partial charge in [-0.3, -0.25) is 9.59 Å². The van der Waals surface area contributed by atoms with E-state index in [0.717, 1.165) is 18.6 Å². The average Bonchev–Trinajstić information content (AvgIpc) is 3.06. The monoisotopic (exact) mass is 376 g/mol. The zero-order valence-corrected chi connectivity index (χ0v) is 14.6. The first-order valence-electron chi connectivity index (χ1n) is 8.06. The molecule has 1 aliphatic rings. The first-order chi connectivity index (χ1) is 12.4. The maximum Gasteiger partial charge on any atom is 0.240 e. The number of ketones is 1. The summed E-state index contributed by atoms with van der Waals surface area (Å²) in [5, 5.41) is 0. The number of nitrogens with zero attached hydrogens (tertiary/aromatic N) is 1. The molecule has 0 radical (unpaired) electrons. The molecule has 0 bridgehead atoms. The summed E-state index contributed by atoms with van der Waals surface area (Å²) in [7, 11) is -3.87. The fourth-order valence-corrected chi connectivity index (χ4v) is 3.69. The highest BCUT2D eigenvalue weighted by Gasteiger charge is 2.22. The van der Waals surface area contributed by atoms with E-state index in [1.165, 1.54) is 24.3 Å². The molecule has 0 atom stereocenters. The van der Waals surface area contributed by atoms with Gasteiger partial charge in [0.1, 0.15) is 5.82 Å². The molecule has 1 aliphatic heterocycles. The molecule has 0 unspecified atom stereocenters. The smallest absolute Gasteiger partial charge is 0.240 e. The molecule has 3 rings (SSSR count). The Bertz CT molecular complexity index is 925. The summed E-state index contributed by atoms with van der Waals surface area (Å²) >= 11 is 0. The van der Waals surface area contributed by atoms with Crippen LogP contribution >= 0.6 is 0 Å². The van der Waals surface area contributed by atoms with E-state index in [2.05, 4.69) is 4.72 Å². The lowest BCUT2D eigenvalue weighted by molar-refractivity contribution is -0.117. The first-order valence-corrected chi connectivity index (χ1v) is 9.54. The number of sulfonamides is 1. The molecule has 0 saturated carbocycles. The Morgan fingerprint density at radius 3 is 2.31 bits per heavy atom. The van der Waals surface area contributed by atoms with Gasteiger partial charge >= 0.3 is 0 Å². The van der Waals surface area contributed by atoms with E-state index in [-0.39, 0.29) is 16.4 Å². The Kier molecular flexibility index (Phi) is 5.15. The van der Waals surface area contributed by atoms with Crippen LogP contribution in [0, 0.1) is 5.82 Å². The SMILES string of the molecule is O=C(CNS(=O)(=O)c1ccc(N2CCCC2=O)cc1)c1ccc(F)cc1. The van der Waals surface area contributed by atoms with Gasteiger partial charge in [-0.15, -0.1) is 0 Å². The third-order valence-corrected chi connectivity index (χ3v) is 5.54. The number of carbonyl (C=O) groups is 2. The molecule has 6 nitrogen and oxygen atoms in total. The van der Waals surface area contributed by atoms with Crippen molar-refractivity contribution in [1.29, 1.82) is 0 Å². The number of hydrogen-bond acceptors (Lipinski definition) is 4. The molecule has 0 aliphatic carbocycles. The van der Waals surface area contributed by atoms with E-state index in [4.69, 9.17) is 0 Å². The van der Waals surface area contributed by atoms with Crippen LogP contribution in [-0.4, -0.2) is 33.2 Å². The highest BCUT2D eigenvalue weighted by molar-refractivity contribution is 7.89. The quantitative estimate of drug-likeness (QED) is 0.783. The molecule has 1 heterocycles. The Hall–Kier alpha value is -2.58. The average molecular weight is 376 g/mol. The second kappa shape index (κ2) is 7.35. The van der Waals surface area contributed by atoms with Crippen molar-refractivity contribution in [2.75, 3.05) is 18.0 Å². The number of Topliss-reactive ketones (excluding diaryl/α,β-unsaturated/α-hetero) is 1. The fraction of sp³-hybridized carbons (Fsp3) is 0.222. The normalized spacial score (nSPS) is 14.7. The standard InChI is InChI=1S/C18H17FN2O4S/c19-14-5-3-13(4-6-14)17(22)12-20-26(24,25)16-9-7-15(8-10-16)21-11-1-2-18(21)23/h3-10,20H,1-2,11-12H2. The van der Waals surface area contributed by atoms with Crippen LogP contribution in [0.15, 0.2) is 53.4 Å². The summed E-state index contributed by atoms with van der Waals surface area (Å²) in [6.45, 7) is 0.190. The van der Waals surface area contributed by atoms with Gasteiger partial charge in [-0.25, -0.2) is 17.5 Å². The molecule has 0 aromatic heterocycles. The van der Waals surface area contributed by atoms with E-state index in [1.807, 2.05) is 0 Å². The van der Waals surface area contributed by atoms with E-state index < -0.39 is 28.2 Å². The molecule has 1 N–H and O–H groups in total. The number of hydrogen-bond donors (Lipinski definition) is 1. The van der Waals surface area contributed by atoms with Crippen molar-refractivity contribution >= 4 is 27.4 Å². The Labute approximate surface area is 150 Å².